The molecule has 0 unspecified atom stereocenters. The Balaban J connectivity index is 1.98. The Kier molecular flexibility index (Phi) is 3.55. The van der Waals surface area contributed by atoms with Crippen LogP contribution in [0.3, 0.4) is 0 Å². The van der Waals surface area contributed by atoms with Gasteiger partial charge in [-0.15, -0.1) is 0 Å². The minimum Gasteiger partial charge on any atom is -0.436 e. The zero-order valence-corrected chi connectivity index (χ0v) is 12.0. The minimum absolute atomic E-state index is 0.280. The van der Waals surface area contributed by atoms with Gasteiger partial charge in [-0.25, -0.2) is 8.78 Å². The third-order valence-electron chi connectivity index (χ3n) is 2.84. The van der Waals surface area contributed by atoms with Gasteiger partial charge in [-0.05, 0) is 35.0 Å². The Hall–Kier alpha value is -2.08. The predicted molar refractivity (Wildman–Crippen MR) is 75.8 cm³/mol. The summed E-state index contributed by atoms with van der Waals surface area (Å²) >= 11 is 3.36. The highest BCUT2D eigenvalue weighted by molar-refractivity contribution is 9.10. The molecular formula is C15H7BrF3NO. The molecule has 0 aliphatic carbocycles. The second-order valence-electron chi connectivity index (χ2n) is 4.30. The lowest BCUT2D eigenvalue weighted by Gasteiger charge is -2.07. The second-order valence-corrected chi connectivity index (χ2v) is 5.22. The molecule has 2 nitrogen and oxygen atoms in total. The highest BCUT2D eigenvalue weighted by Crippen LogP contribution is 2.28. The van der Waals surface area contributed by atoms with Crippen LogP contribution in [0.2, 0.25) is 0 Å². The van der Waals surface area contributed by atoms with Crippen molar-refractivity contribution in [1.82, 2.24) is 4.98 Å². The van der Waals surface area contributed by atoms with E-state index in [1.54, 1.807) is 18.2 Å². The molecule has 0 radical (unpaired) electrons. The van der Waals surface area contributed by atoms with Crippen molar-refractivity contribution in [3.05, 3.63) is 64.5 Å². The third kappa shape index (κ3) is 2.85. The van der Waals surface area contributed by atoms with Crippen LogP contribution >= 0.6 is 15.9 Å². The molecule has 3 rings (SSSR count). The number of aromatic nitrogens is 1. The summed E-state index contributed by atoms with van der Waals surface area (Å²) in [5.41, 5.74) is 0. The molecule has 2 aromatic carbocycles. The van der Waals surface area contributed by atoms with Crippen LogP contribution in [0.25, 0.3) is 10.8 Å². The zero-order chi connectivity index (χ0) is 15.0. The van der Waals surface area contributed by atoms with Crippen LogP contribution in [0.1, 0.15) is 0 Å². The monoisotopic (exact) mass is 353 g/mol. The Morgan fingerprint density at radius 2 is 1.57 bits per heavy atom. The van der Waals surface area contributed by atoms with Crippen LogP contribution in [-0.2, 0) is 0 Å². The van der Waals surface area contributed by atoms with E-state index < -0.39 is 23.5 Å². The molecule has 0 amide bonds. The lowest BCUT2D eigenvalue weighted by atomic mass is 10.1. The first kappa shape index (κ1) is 13.9. The summed E-state index contributed by atoms with van der Waals surface area (Å²) in [6, 6.07) is 11.0. The summed E-state index contributed by atoms with van der Waals surface area (Å²) < 4.78 is 45.4. The first-order valence-corrected chi connectivity index (χ1v) is 6.71. The van der Waals surface area contributed by atoms with Gasteiger partial charge in [-0.2, -0.15) is 9.37 Å². The average Bonchev–Trinajstić information content (AvgIpc) is 2.45. The van der Waals surface area contributed by atoms with Crippen molar-refractivity contribution in [2.24, 2.45) is 0 Å². The highest BCUT2D eigenvalue weighted by Gasteiger charge is 2.13. The Bertz CT molecular complexity index is 839. The van der Waals surface area contributed by atoms with Gasteiger partial charge >= 0.3 is 0 Å². The maximum Gasteiger partial charge on any atom is 0.258 e. The van der Waals surface area contributed by atoms with Crippen LogP contribution in [-0.4, -0.2) is 4.98 Å². The van der Waals surface area contributed by atoms with E-state index in [2.05, 4.69) is 20.9 Å². The number of benzene rings is 2. The molecule has 0 spiro atoms. The normalized spacial score (nSPS) is 10.9. The molecule has 0 N–H and O–H groups in total. The van der Waals surface area contributed by atoms with E-state index in [4.69, 9.17) is 4.74 Å². The van der Waals surface area contributed by atoms with Crippen molar-refractivity contribution >= 4 is 26.7 Å². The molecule has 3 aromatic rings. The number of halogens is 4. The van der Waals surface area contributed by atoms with E-state index in [1.165, 1.54) is 0 Å². The van der Waals surface area contributed by atoms with Crippen molar-refractivity contribution in [3.8, 4) is 11.6 Å². The van der Waals surface area contributed by atoms with E-state index >= 15 is 0 Å². The summed E-state index contributed by atoms with van der Waals surface area (Å²) in [7, 11) is 0. The molecule has 106 valence electrons. The largest absolute Gasteiger partial charge is 0.436 e. The van der Waals surface area contributed by atoms with Crippen LogP contribution < -0.4 is 4.74 Å². The molecule has 1 heterocycles. The van der Waals surface area contributed by atoms with Crippen molar-refractivity contribution in [2.45, 2.75) is 0 Å². The number of hydrogen-bond acceptors (Lipinski definition) is 2. The molecule has 6 heteroatoms. The van der Waals surface area contributed by atoms with Gasteiger partial charge in [0.2, 0.25) is 0 Å². The lowest BCUT2D eigenvalue weighted by Crippen LogP contribution is -1.98. The number of rotatable bonds is 2. The number of pyridine rings is 1. The quantitative estimate of drug-likeness (QED) is 0.590. The van der Waals surface area contributed by atoms with Crippen molar-refractivity contribution in [1.29, 1.82) is 0 Å². The summed E-state index contributed by atoms with van der Waals surface area (Å²) in [6.07, 6.45) is 0. The van der Waals surface area contributed by atoms with E-state index in [9.17, 15) is 13.2 Å². The van der Waals surface area contributed by atoms with Gasteiger partial charge in [0.15, 0.2) is 11.6 Å². The van der Waals surface area contributed by atoms with Gasteiger partial charge in [-0.1, -0.05) is 28.1 Å². The fourth-order valence-electron chi connectivity index (χ4n) is 1.87. The van der Waals surface area contributed by atoms with E-state index in [-0.39, 0.29) is 5.75 Å². The van der Waals surface area contributed by atoms with Crippen molar-refractivity contribution in [2.75, 3.05) is 0 Å². The van der Waals surface area contributed by atoms with Gasteiger partial charge in [-0.3, -0.25) is 0 Å². The van der Waals surface area contributed by atoms with E-state index in [1.807, 2.05) is 18.2 Å². The molecule has 0 saturated carbocycles. The van der Waals surface area contributed by atoms with E-state index in [0.29, 0.717) is 6.07 Å². The SMILES string of the molecule is Fc1cc(F)c(Oc2ccc3cc(Br)ccc3c2)nc1F. The summed E-state index contributed by atoms with van der Waals surface area (Å²) in [4.78, 5) is 3.12. The molecule has 0 saturated heterocycles. The maximum absolute atomic E-state index is 13.5. The van der Waals surface area contributed by atoms with Crippen molar-refractivity contribution < 1.29 is 17.9 Å². The highest BCUT2D eigenvalue weighted by atomic mass is 79.9. The smallest absolute Gasteiger partial charge is 0.258 e. The van der Waals surface area contributed by atoms with Crippen molar-refractivity contribution in [3.63, 3.8) is 0 Å². The zero-order valence-electron chi connectivity index (χ0n) is 10.4. The fourth-order valence-corrected chi connectivity index (χ4v) is 2.25. The van der Waals surface area contributed by atoms with E-state index in [0.717, 1.165) is 15.2 Å². The summed E-state index contributed by atoms with van der Waals surface area (Å²) in [5.74, 6) is -4.16. The van der Waals surface area contributed by atoms with Gasteiger partial charge in [0.05, 0.1) is 0 Å². The van der Waals surface area contributed by atoms with Gasteiger partial charge in [0, 0.05) is 10.5 Å². The Morgan fingerprint density at radius 3 is 2.38 bits per heavy atom. The Labute approximate surface area is 126 Å². The molecule has 1 aromatic heterocycles. The fraction of sp³-hybridized carbons (Fsp3) is 0. The summed E-state index contributed by atoms with van der Waals surface area (Å²) in [6.45, 7) is 0. The first-order chi connectivity index (χ1) is 10.0. The van der Waals surface area contributed by atoms with Crippen LogP contribution in [0.15, 0.2) is 46.9 Å². The number of hydrogen-bond donors (Lipinski definition) is 0. The van der Waals surface area contributed by atoms with Crippen LogP contribution in [0.5, 0.6) is 11.6 Å². The predicted octanol–water partition coefficient (Wildman–Crippen LogP) is 5.21. The van der Waals surface area contributed by atoms with Gasteiger partial charge in [0.25, 0.3) is 11.8 Å². The van der Waals surface area contributed by atoms with Crippen LogP contribution in [0, 0.1) is 17.6 Å². The van der Waals surface area contributed by atoms with Gasteiger partial charge < -0.3 is 4.74 Å². The van der Waals surface area contributed by atoms with Crippen LogP contribution in [0.4, 0.5) is 13.2 Å². The molecule has 0 atom stereocenters. The average molecular weight is 354 g/mol. The number of nitrogens with zero attached hydrogens (tertiary/aromatic N) is 1. The lowest BCUT2D eigenvalue weighted by molar-refractivity contribution is 0.387. The summed E-state index contributed by atoms with van der Waals surface area (Å²) in [5, 5.41) is 1.81. The van der Waals surface area contributed by atoms with Gasteiger partial charge in [0.1, 0.15) is 5.75 Å². The third-order valence-corrected chi connectivity index (χ3v) is 3.34. The molecule has 0 fully saturated rings. The molecule has 0 aliphatic heterocycles. The molecule has 0 aliphatic rings. The molecule has 21 heavy (non-hydrogen) atoms. The Morgan fingerprint density at radius 1 is 0.857 bits per heavy atom. The standard InChI is InChI=1S/C15H7BrF3NO/c16-10-3-1-9-6-11(4-2-8(9)5-10)21-15-13(18)7-12(17)14(19)20-15/h1-7H. The number of fused-ring (bicyclic) bond motifs is 1. The first-order valence-electron chi connectivity index (χ1n) is 5.91. The maximum atomic E-state index is 13.5. The molecule has 0 bridgehead atoms. The topological polar surface area (TPSA) is 22.1 Å². The second kappa shape index (κ2) is 5.37. The molecular weight excluding hydrogens is 347 g/mol. The minimum atomic E-state index is -1.41. The number of ether oxygens (including phenoxy) is 1.